The summed E-state index contributed by atoms with van der Waals surface area (Å²) in [5.74, 6) is -0.343. The minimum Gasteiger partial charge on any atom is -0.387 e. The van der Waals surface area contributed by atoms with Crippen molar-refractivity contribution in [2.24, 2.45) is 0 Å². The van der Waals surface area contributed by atoms with Crippen molar-refractivity contribution >= 4 is 5.91 Å². The van der Waals surface area contributed by atoms with Crippen LogP contribution in [0.25, 0.3) is 0 Å². The number of alkyl halides is 2. The Labute approximate surface area is 110 Å². The Bertz CT molecular complexity index is 373. The third-order valence-electron chi connectivity index (χ3n) is 2.39. The van der Waals surface area contributed by atoms with E-state index in [1.807, 2.05) is 6.07 Å². The van der Waals surface area contributed by atoms with Crippen LogP contribution in [0.15, 0.2) is 30.3 Å². The Kier molecular flexibility index (Phi) is 6.99. The molecule has 0 bridgehead atoms. The normalized spacial score (nSPS) is 12.4. The van der Waals surface area contributed by atoms with E-state index in [0.29, 0.717) is 5.56 Å². The summed E-state index contributed by atoms with van der Waals surface area (Å²) < 4.78 is 28.1. The van der Waals surface area contributed by atoms with Crippen LogP contribution < -0.4 is 5.32 Å². The molecule has 0 saturated carbocycles. The molecule has 0 heterocycles. The third kappa shape index (κ3) is 6.83. The summed E-state index contributed by atoms with van der Waals surface area (Å²) in [6.45, 7) is -0.644. The van der Waals surface area contributed by atoms with E-state index in [2.05, 4.69) is 10.1 Å². The zero-order valence-corrected chi connectivity index (χ0v) is 10.4. The molecular formula is C13H17F2NO3. The van der Waals surface area contributed by atoms with Crippen molar-refractivity contribution in [2.75, 3.05) is 19.8 Å². The minimum absolute atomic E-state index is 0.00572. The van der Waals surface area contributed by atoms with Crippen molar-refractivity contribution in [3.63, 3.8) is 0 Å². The molecule has 0 fully saturated rings. The molecule has 1 aromatic carbocycles. The summed E-state index contributed by atoms with van der Waals surface area (Å²) in [6.07, 6.45) is -3.32. The topological polar surface area (TPSA) is 58.6 Å². The van der Waals surface area contributed by atoms with Crippen LogP contribution >= 0.6 is 0 Å². The van der Waals surface area contributed by atoms with Crippen molar-refractivity contribution in [3.05, 3.63) is 35.9 Å². The van der Waals surface area contributed by atoms with Crippen LogP contribution in [0.1, 0.15) is 18.1 Å². The van der Waals surface area contributed by atoms with Crippen LogP contribution in [-0.2, 0) is 9.53 Å². The van der Waals surface area contributed by atoms with Crippen molar-refractivity contribution in [3.8, 4) is 0 Å². The maximum Gasteiger partial charge on any atom is 0.261 e. The van der Waals surface area contributed by atoms with E-state index in [1.54, 1.807) is 24.3 Å². The SMILES string of the molecule is O=C(CCOCC(F)F)NCC(O)c1ccccc1. The molecule has 0 spiro atoms. The third-order valence-corrected chi connectivity index (χ3v) is 2.39. The fourth-order valence-electron chi connectivity index (χ4n) is 1.43. The molecule has 0 aromatic heterocycles. The standard InChI is InChI=1S/C13H17F2NO3/c14-12(15)9-19-7-6-13(18)16-8-11(17)10-4-2-1-3-5-10/h1-5,11-12,17H,6-9H2,(H,16,18). The summed E-state index contributed by atoms with van der Waals surface area (Å²) in [4.78, 5) is 11.3. The second kappa shape index (κ2) is 8.55. The monoisotopic (exact) mass is 273 g/mol. The fourth-order valence-corrected chi connectivity index (χ4v) is 1.43. The Hall–Kier alpha value is -1.53. The Morgan fingerprint density at radius 1 is 1.32 bits per heavy atom. The van der Waals surface area contributed by atoms with Crippen LogP contribution in [0.5, 0.6) is 0 Å². The summed E-state index contributed by atoms with van der Waals surface area (Å²) in [6, 6.07) is 8.91. The van der Waals surface area contributed by atoms with Gasteiger partial charge in [0.2, 0.25) is 5.91 Å². The first-order chi connectivity index (χ1) is 9.09. The summed E-state index contributed by atoms with van der Waals surface area (Å²) >= 11 is 0. The van der Waals surface area contributed by atoms with Gasteiger partial charge in [-0.3, -0.25) is 4.79 Å². The number of aliphatic hydroxyl groups excluding tert-OH is 1. The number of ether oxygens (including phenoxy) is 1. The van der Waals surface area contributed by atoms with Gasteiger partial charge in [0.05, 0.1) is 12.7 Å². The summed E-state index contributed by atoms with van der Waals surface area (Å²) in [7, 11) is 0. The van der Waals surface area contributed by atoms with E-state index in [-0.39, 0.29) is 25.5 Å². The summed E-state index contributed by atoms with van der Waals surface area (Å²) in [5, 5.41) is 12.3. The lowest BCUT2D eigenvalue weighted by Crippen LogP contribution is -2.29. The quantitative estimate of drug-likeness (QED) is 0.706. The maximum atomic E-state index is 11.7. The van der Waals surface area contributed by atoms with Gasteiger partial charge in [-0.2, -0.15) is 0 Å². The predicted molar refractivity (Wildman–Crippen MR) is 65.9 cm³/mol. The van der Waals surface area contributed by atoms with Gasteiger partial charge in [-0.25, -0.2) is 8.78 Å². The maximum absolute atomic E-state index is 11.7. The van der Waals surface area contributed by atoms with E-state index in [0.717, 1.165) is 0 Å². The Morgan fingerprint density at radius 3 is 2.63 bits per heavy atom. The molecule has 2 N–H and O–H groups in total. The first-order valence-corrected chi connectivity index (χ1v) is 5.95. The molecule has 0 saturated heterocycles. The van der Waals surface area contributed by atoms with Crippen molar-refractivity contribution in [1.29, 1.82) is 0 Å². The molecule has 1 amide bonds. The zero-order valence-electron chi connectivity index (χ0n) is 10.4. The Balaban J connectivity index is 2.16. The molecule has 0 aliphatic heterocycles. The van der Waals surface area contributed by atoms with E-state index in [1.165, 1.54) is 0 Å². The lowest BCUT2D eigenvalue weighted by molar-refractivity contribution is -0.123. The van der Waals surface area contributed by atoms with Gasteiger partial charge < -0.3 is 15.2 Å². The van der Waals surface area contributed by atoms with Crippen LogP contribution in [0.3, 0.4) is 0 Å². The minimum atomic E-state index is -2.53. The van der Waals surface area contributed by atoms with E-state index >= 15 is 0 Å². The zero-order chi connectivity index (χ0) is 14.1. The number of halogens is 2. The van der Waals surface area contributed by atoms with E-state index in [4.69, 9.17) is 0 Å². The second-order valence-electron chi connectivity index (χ2n) is 3.95. The van der Waals surface area contributed by atoms with Gasteiger partial charge in [-0.1, -0.05) is 30.3 Å². The highest BCUT2D eigenvalue weighted by Crippen LogP contribution is 2.10. The number of carbonyl (C=O) groups is 1. The number of carbonyl (C=O) groups excluding carboxylic acids is 1. The van der Waals surface area contributed by atoms with Crippen LogP contribution in [0.4, 0.5) is 8.78 Å². The largest absolute Gasteiger partial charge is 0.387 e. The molecule has 1 rings (SSSR count). The van der Waals surface area contributed by atoms with Crippen LogP contribution in [0.2, 0.25) is 0 Å². The van der Waals surface area contributed by atoms with Gasteiger partial charge >= 0.3 is 0 Å². The predicted octanol–water partition coefficient (Wildman–Crippen LogP) is 1.51. The molecule has 6 heteroatoms. The van der Waals surface area contributed by atoms with Gasteiger partial charge in [0.1, 0.15) is 6.61 Å². The van der Waals surface area contributed by atoms with Gasteiger partial charge in [-0.05, 0) is 5.56 Å². The number of hydrogen-bond acceptors (Lipinski definition) is 3. The number of nitrogens with one attached hydrogen (secondary N) is 1. The van der Waals surface area contributed by atoms with E-state index < -0.39 is 19.1 Å². The number of aliphatic hydroxyl groups is 1. The Morgan fingerprint density at radius 2 is 2.00 bits per heavy atom. The highest BCUT2D eigenvalue weighted by Gasteiger charge is 2.09. The molecule has 0 aliphatic carbocycles. The van der Waals surface area contributed by atoms with Crippen molar-refractivity contribution < 1.29 is 23.4 Å². The molecular weight excluding hydrogens is 256 g/mol. The molecule has 1 aromatic rings. The molecule has 1 atom stereocenters. The van der Waals surface area contributed by atoms with Gasteiger partial charge in [-0.15, -0.1) is 0 Å². The highest BCUT2D eigenvalue weighted by molar-refractivity contribution is 5.75. The van der Waals surface area contributed by atoms with Gasteiger partial charge in [0.25, 0.3) is 6.43 Å². The molecule has 106 valence electrons. The molecule has 0 aliphatic rings. The van der Waals surface area contributed by atoms with Crippen molar-refractivity contribution in [2.45, 2.75) is 19.0 Å². The number of benzene rings is 1. The summed E-state index contributed by atoms with van der Waals surface area (Å²) in [5.41, 5.74) is 0.705. The number of hydrogen-bond donors (Lipinski definition) is 2. The average molecular weight is 273 g/mol. The average Bonchev–Trinajstić information content (AvgIpc) is 2.41. The fraction of sp³-hybridized carbons (Fsp3) is 0.462. The molecule has 1 unspecified atom stereocenters. The first kappa shape index (κ1) is 15.5. The number of amides is 1. The molecule has 19 heavy (non-hydrogen) atoms. The lowest BCUT2D eigenvalue weighted by Gasteiger charge is -2.12. The molecule has 0 radical (unpaired) electrons. The second-order valence-corrected chi connectivity index (χ2v) is 3.95. The van der Waals surface area contributed by atoms with Crippen LogP contribution in [0, 0.1) is 0 Å². The van der Waals surface area contributed by atoms with Crippen molar-refractivity contribution in [1.82, 2.24) is 5.32 Å². The smallest absolute Gasteiger partial charge is 0.261 e. The lowest BCUT2D eigenvalue weighted by atomic mass is 10.1. The first-order valence-electron chi connectivity index (χ1n) is 5.95. The van der Waals surface area contributed by atoms with E-state index in [9.17, 15) is 18.7 Å². The van der Waals surface area contributed by atoms with Crippen LogP contribution in [-0.4, -0.2) is 37.2 Å². The van der Waals surface area contributed by atoms with Gasteiger partial charge in [0.15, 0.2) is 0 Å². The highest BCUT2D eigenvalue weighted by atomic mass is 19.3. The van der Waals surface area contributed by atoms with Gasteiger partial charge in [0, 0.05) is 13.0 Å². The molecule has 4 nitrogen and oxygen atoms in total. The number of rotatable bonds is 8.